The Kier molecular flexibility index (Phi) is 5.06. The van der Waals surface area contributed by atoms with Crippen LogP contribution in [0, 0.1) is 0 Å². The number of carbonyl (C=O) groups is 1. The Labute approximate surface area is 130 Å². The van der Waals surface area contributed by atoms with Gasteiger partial charge in [0.05, 0.1) is 0 Å². The van der Waals surface area contributed by atoms with Gasteiger partial charge in [-0.1, -0.05) is 30.8 Å². The summed E-state index contributed by atoms with van der Waals surface area (Å²) in [7, 11) is 0. The second kappa shape index (κ2) is 6.12. The number of aromatic hydroxyl groups is 1. The van der Waals surface area contributed by atoms with Crippen molar-refractivity contribution in [3.63, 3.8) is 0 Å². The van der Waals surface area contributed by atoms with E-state index in [2.05, 4.69) is 6.58 Å². The topological polar surface area (TPSA) is 46.5 Å². The summed E-state index contributed by atoms with van der Waals surface area (Å²) in [6, 6.07) is 10.3. The van der Waals surface area contributed by atoms with Crippen LogP contribution in [0.15, 0.2) is 48.6 Å². The van der Waals surface area contributed by atoms with Crippen molar-refractivity contribution in [3.05, 3.63) is 48.6 Å². The molecule has 0 spiro atoms. The number of benzene rings is 2. The molecule has 0 fully saturated rings. The van der Waals surface area contributed by atoms with Crippen molar-refractivity contribution in [2.24, 2.45) is 0 Å². The van der Waals surface area contributed by atoms with Crippen LogP contribution in [0.1, 0.15) is 6.92 Å². The van der Waals surface area contributed by atoms with Crippen LogP contribution in [-0.4, -0.2) is 11.1 Å². The number of esters is 1. The monoisotopic (exact) mass is 317 g/mol. The summed E-state index contributed by atoms with van der Waals surface area (Å²) in [6.07, 6.45) is 0. The smallest absolute Gasteiger partial charge is 0.338 e. The maximum atomic E-state index is 11.5. The maximum Gasteiger partial charge on any atom is 0.338 e. The first-order chi connectivity index (χ1) is 8.09. The van der Waals surface area contributed by atoms with E-state index in [0.717, 1.165) is 0 Å². The summed E-state index contributed by atoms with van der Waals surface area (Å²) in [6.45, 7) is 5.11. The number of hydrogen-bond acceptors (Lipinski definition) is 3. The molecule has 0 atom stereocenters. The third-order valence-corrected chi connectivity index (χ3v) is 2.41. The fraction of sp³-hybridized carbons (Fsp3) is 0.0714. The van der Waals surface area contributed by atoms with Crippen LogP contribution in [0.4, 0.5) is 0 Å². The van der Waals surface area contributed by atoms with Crippen LogP contribution in [0.3, 0.4) is 0 Å². The molecule has 0 amide bonds. The van der Waals surface area contributed by atoms with Crippen LogP contribution >= 0.6 is 0 Å². The number of fused-ring (bicyclic) bond motifs is 1. The minimum absolute atomic E-state index is 0. The van der Waals surface area contributed by atoms with E-state index in [4.69, 9.17) is 4.74 Å². The van der Waals surface area contributed by atoms with Gasteiger partial charge in [-0.2, -0.15) is 0 Å². The Morgan fingerprint density at radius 3 is 2.44 bits per heavy atom. The van der Waals surface area contributed by atoms with E-state index in [-0.39, 0.29) is 38.5 Å². The molecule has 0 saturated heterocycles. The van der Waals surface area contributed by atoms with Crippen LogP contribution in [0.5, 0.6) is 11.5 Å². The summed E-state index contributed by atoms with van der Waals surface area (Å²) in [5, 5.41) is 11.0. The molecule has 0 aliphatic carbocycles. The van der Waals surface area contributed by atoms with Gasteiger partial charge in [-0.15, -0.1) is 0 Å². The summed E-state index contributed by atoms with van der Waals surface area (Å²) in [5.41, 5.74) is 0.335. The van der Waals surface area contributed by atoms with Crippen molar-refractivity contribution in [2.75, 3.05) is 0 Å². The van der Waals surface area contributed by atoms with Crippen molar-refractivity contribution in [2.45, 2.75) is 6.92 Å². The molecular formula is C14H12O3Y. The number of rotatable bonds is 2. The minimum atomic E-state index is -0.471. The van der Waals surface area contributed by atoms with Gasteiger partial charge in [0.2, 0.25) is 0 Å². The Morgan fingerprint density at radius 1 is 1.17 bits per heavy atom. The molecule has 1 N–H and O–H groups in total. The SMILES string of the molecule is C=C(C)C(=O)Oc1cccc2c(O)cccc12.[Y]. The molecular weight excluding hydrogens is 305 g/mol. The van der Waals surface area contributed by atoms with Gasteiger partial charge in [0, 0.05) is 49.1 Å². The molecule has 0 saturated carbocycles. The zero-order valence-corrected chi connectivity index (χ0v) is 12.9. The van der Waals surface area contributed by atoms with Gasteiger partial charge in [-0.3, -0.25) is 0 Å². The number of ether oxygens (including phenoxy) is 1. The van der Waals surface area contributed by atoms with Crippen molar-refractivity contribution >= 4 is 16.7 Å². The van der Waals surface area contributed by atoms with Crippen LogP contribution in [-0.2, 0) is 37.5 Å². The predicted octanol–water partition coefficient (Wildman–Crippen LogP) is 3.02. The third kappa shape index (κ3) is 2.98. The molecule has 2 aromatic carbocycles. The average Bonchev–Trinajstić information content (AvgIpc) is 2.30. The molecule has 0 heterocycles. The van der Waals surface area contributed by atoms with Gasteiger partial charge in [0.1, 0.15) is 11.5 Å². The zero-order valence-electron chi connectivity index (χ0n) is 10.0. The summed E-state index contributed by atoms with van der Waals surface area (Å²) in [4.78, 5) is 11.5. The summed E-state index contributed by atoms with van der Waals surface area (Å²) >= 11 is 0. The first-order valence-corrected chi connectivity index (χ1v) is 5.18. The summed E-state index contributed by atoms with van der Waals surface area (Å²) in [5.74, 6) is 0.114. The fourth-order valence-electron chi connectivity index (χ4n) is 1.54. The van der Waals surface area contributed by atoms with Crippen molar-refractivity contribution in [1.82, 2.24) is 0 Å². The van der Waals surface area contributed by atoms with Crippen molar-refractivity contribution in [1.29, 1.82) is 0 Å². The second-order valence-corrected chi connectivity index (χ2v) is 3.80. The quantitative estimate of drug-likeness (QED) is 0.526. The largest absolute Gasteiger partial charge is 0.507 e. The minimum Gasteiger partial charge on any atom is -0.507 e. The predicted molar refractivity (Wildman–Crippen MR) is 66.1 cm³/mol. The maximum absolute atomic E-state index is 11.5. The molecule has 0 bridgehead atoms. The standard InChI is InChI=1S/C14H12O3.Y/c1-9(2)14(16)17-13-8-4-5-10-11(13)6-3-7-12(10)15;/h3-8,15H,1H2,2H3;. The average molecular weight is 317 g/mol. The molecule has 4 heteroatoms. The molecule has 2 aromatic rings. The van der Waals surface area contributed by atoms with E-state index in [1.165, 1.54) is 0 Å². The first kappa shape index (κ1) is 14.9. The number of phenolic OH excluding ortho intramolecular Hbond substituents is 1. The molecule has 3 nitrogen and oxygen atoms in total. The number of phenols is 1. The molecule has 0 aromatic heterocycles. The van der Waals surface area contributed by atoms with Crippen LogP contribution in [0.2, 0.25) is 0 Å². The molecule has 0 aliphatic heterocycles. The fourth-order valence-corrected chi connectivity index (χ4v) is 1.54. The summed E-state index contributed by atoms with van der Waals surface area (Å²) < 4.78 is 5.19. The van der Waals surface area contributed by atoms with Crippen LogP contribution in [0.25, 0.3) is 10.8 Å². The van der Waals surface area contributed by atoms with E-state index in [1.807, 2.05) is 0 Å². The molecule has 18 heavy (non-hydrogen) atoms. The first-order valence-electron chi connectivity index (χ1n) is 5.18. The molecule has 1 radical (unpaired) electrons. The van der Waals surface area contributed by atoms with Crippen LogP contribution < -0.4 is 4.74 Å². The van der Waals surface area contributed by atoms with Crippen molar-refractivity contribution < 1.29 is 47.3 Å². The Bertz CT molecular complexity index is 605. The number of hydrogen-bond donors (Lipinski definition) is 1. The van der Waals surface area contributed by atoms with E-state index in [1.54, 1.807) is 43.3 Å². The normalized spacial score (nSPS) is 9.61. The van der Waals surface area contributed by atoms with Gasteiger partial charge >= 0.3 is 5.97 Å². The van der Waals surface area contributed by atoms with Gasteiger partial charge in [-0.25, -0.2) is 4.79 Å². The third-order valence-electron chi connectivity index (χ3n) is 2.41. The van der Waals surface area contributed by atoms with Crippen molar-refractivity contribution in [3.8, 4) is 11.5 Å². The molecule has 89 valence electrons. The van der Waals surface area contributed by atoms with E-state index < -0.39 is 5.97 Å². The van der Waals surface area contributed by atoms with Gasteiger partial charge in [-0.05, 0) is 19.1 Å². The van der Waals surface area contributed by atoms with E-state index in [0.29, 0.717) is 22.1 Å². The molecule has 0 unspecified atom stereocenters. The molecule has 0 aliphatic rings. The second-order valence-electron chi connectivity index (χ2n) is 3.80. The number of carbonyl (C=O) groups excluding carboxylic acids is 1. The Hall–Kier alpha value is -1.19. The Morgan fingerprint density at radius 2 is 1.78 bits per heavy atom. The Balaban J connectivity index is 0.00000162. The van der Waals surface area contributed by atoms with E-state index >= 15 is 0 Å². The van der Waals surface area contributed by atoms with Gasteiger partial charge < -0.3 is 9.84 Å². The molecule has 2 rings (SSSR count). The van der Waals surface area contributed by atoms with Gasteiger partial charge in [0.25, 0.3) is 0 Å². The van der Waals surface area contributed by atoms with E-state index in [9.17, 15) is 9.90 Å². The zero-order chi connectivity index (χ0) is 12.4. The van der Waals surface area contributed by atoms with Gasteiger partial charge in [0.15, 0.2) is 0 Å².